The van der Waals surface area contributed by atoms with Crippen LogP contribution in [-0.2, 0) is 17.3 Å². The number of halogens is 1. The number of nitrogens with one attached hydrogen (secondary N) is 1. The molecular weight excluding hydrogens is 307 g/mol. The molecule has 0 radical (unpaired) electrons. The molecule has 2 heterocycles. The number of aromatic nitrogens is 3. The van der Waals surface area contributed by atoms with Crippen molar-refractivity contribution in [3.63, 3.8) is 0 Å². The van der Waals surface area contributed by atoms with Crippen LogP contribution in [0, 0.1) is 12.7 Å². The van der Waals surface area contributed by atoms with Crippen LogP contribution in [-0.4, -0.2) is 20.7 Å². The largest absolute Gasteiger partial charge is 0.324 e. The molecule has 6 heteroatoms. The molecule has 1 amide bonds. The molecule has 1 fully saturated rings. The number of carbonyl (C=O) groups excluding carboxylic acids is 1. The molecule has 0 bridgehead atoms. The third-order valence-corrected chi connectivity index (χ3v) is 4.70. The predicted octanol–water partition coefficient (Wildman–Crippen LogP) is 3.09. The lowest BCUT2D eigenvalue weighted by Gasteiger charge is -2.15. The highest BCUT2D eigenvalue weighted by Gasteiger charge is 2.51. The van der Waals surface area contributed by atoms with Crippen molar-refractivity contribution in [3.05, 3.63) is 53.6 Å². The van der Waals surface area contributed by atoms with Gasteiger partial charge in [-0.15, -0.1) is 0 Å². The zero-order valence-corrected chi connectivity index (χ0v) is 13.5. The third-order valence-electron chi connectivity index (χ3n) is 4.70. The Balaban J connectivity index is 1.62. The van der Waals surface area contributed by atoms with Crippen LogP contribution in [0.4, 0.5) is 10.1 Å². The van der Waals surface area contributed by atoms with Gasteiger partial charge in [-0.3, -0.25) is 9.48 Å². The summed E-state index contributed by atoms with van der Waals surface area (Å²) < 4.78 is 14.8. The van der Waals surface area contributed by atoms with E-state index < -0.39 is 5.41 Å². The van der Waals surface area contributed by atoms with Gasteiger partial charge in [0.15, 0.2) is 5.65 Å². The van der Waals surface area contributed by atoms with Crippen LogP contribution in [0.2, 0.25) is 0 Å². The fourth-order valence-electron chi connectivity index (χ4n) is 3.17. The van der Waals surface area contributed by atoms with Gasteiger partial charge in [-0.1, -0.05) is 12.1 Å². The Kier molecular flexibility index (Phi) is 3.16. The van der Waals surface area contributed by atoms with E-state index in [0.29, 0.717) is 5.69 Å². The van der Waals surface area contributed by atoms with E-state index in [1.165, 1.54) is 12.1 Å². The average molecular weight is 324 g/mol. The predicted molar refractivity (Wildman–Crippen MR) is 89.2 cm³/mol. The molecule has 1 aliphatic rings. The summed E-state index contributed by atoms with van der Waals surface area (Å²) in [6.45, 7) is 1.91. The van der Waals surface area contributed by atoms with Crippen LogP contribution in [0.3, 0.4) is 0 Å². The highest BCUT2D eigenvalue weighted by Crippen LogP contribution is 2.49. The minimum atomic E-state index is -0.549. The Morgan fingerprint density at radius 3 is 2.67 bits per heavy atom. The van der Waals surface area contributed by atoms with Gasteiger partial charge in [-0.2, -0.15) is 5.10 Å². The Labute approximate surface area is 138 Å². The summed E-state index contributed by atoms with van der Waals surface area (Å²) in [4.78, 5) is 17.1. The smallest absolute Gasteiger partial charge is 0.235 e. The van der Waals surface area contributed by atoms with Crippen molar-refractivity contribution < 1.29 is 9.18 Å². The van der Waals surface area contributed by atoms with Gasteiger partial charge >= 0.3 is 0 Å². The minimum absolute atomic E-state index is 0.0724. The monoisotopic (exact) mass is 324 g/mol. The number of pyridine rings is 1. The van der Waals surface area contributed by atoms with Crippen LogP contribution in [0.25, 0.3) is 11.0 Å². The van der Waals surface area contributed by atoms with Crippen molar-refractivity contribution in [1.82, 2.24) is 14.8 Å². The number of carbonyl (C=O) groups is 1. The second-order valence-corrected chi connectivity index (χ2v) is 6.35. The van der Waals surface area contributed by atoms with Gasteiger partial charge in [0.1, 0.15) is 5.82 Å². The third kappa shape index (κ3) is 2.26. The lowest BCUT2D eigenvalue weighted by atomic mass is 9.95. The van der Waals surface area contributed by atoms with Gasteiger partial charge < -0.3 is 5.32 Å². The number of rotatable bonds is 3. The Morgan fingerprint density at radius 1 is 1.29 bits per heavy atom. The maximum atomic E-state index is 13.1. The summed E-state index contributed by atoms with van der Waals surface area (Å²) in [5, 5.41) is 8.21. The van der Waals surface area contributed by atoms with Crippen LogP contribution < -0.4 is 5.32 Å². The molecule has 1 aromatic carbocycles. The molecule has 0 saturated heterocycles. The maximum Gasteiger partial charge on any atom is 0.235 e. The zero-order chi connectivity index (χ0) is 16.9. The van der Waals surface area contributed by atoms with E-state index >= 15 is 0 Å². The van der Waals surface area contributed by atoms with E-state index in [4.69, 9.17) is 0 Å². The molecule has 1 aliphatic carbocycles. The van der Waals surface area contributed by atoms with Crippen LogP contribution >= 0.6 is 0 Å². The number of fused-ring (bicyclic) bond motifs is 1. The number of aryl methyl sites for hydroxylation is 2. The Morgan fingerprint density at radius 2 is 2.00 bits per heavy atom. The van der Waals surface area contributed by atoms with E-state index in [1.54, 1.807) is 23.0 Å². The molecule has 0 unspecified atom stereocenters. The van der Waals surface area contributed by atoms with Crippen molar-refractivity contribution in [2.45, 2.75) is 25.2 Å². The SMILES string of the molecule is Cc1nn(C)c2ncc(NC(=O)C3(c4ccc(F)cc4)CC3)cc12. The fraction of sp³-hybridized carbons (Fsp3) is 0.278. The molecule has 1 N–H and O–H groups in total. The number of hydrogen-bond donors (Lipinski definition) is 1. The first-order valence-electron chi connectivity index (χ1n) is 7.86. The molecule has 1 saturated carbocycles. The molecule has 24 heavy (non-hydrogen) atoms. The molecule has 2 aromatic heterocycles. The molecule has 122 valence electrons. The molecule has 0 spiro atoms. The van der Waals surface area contributed by atoms with Crippen molar-refractivity contribution in [3.8, 4) is 0 Å². The summed E-state index contributed by atoms with van der Waals surface area (Å²) in [5.74, 6) is -0.367. The first kappa shape index (κ1) is 14.8. The van der Waals surface area contributed by atoms with E-state index in [1.807, 2.05) is 20.0 Å². The molecule has 4 rings (SSSR count). The van der Waals surface area contributed by atoms with E-state index in [0.717, 1.165) is 35.1 Å². The maximum absolute atomic E-state index is 13.1. The molecule has 5 nitrogen and oxygen atoms in total. The molecule has 0 atom stereocenters. The van der Waals surface area contributed by atoms with Crippen LogP contribution in [0.1, 0.15) is 24.1 Å². The van der Waals surface area contributed by atoms with Gasteiger partial charge in [0, 0.05) is 12.4 Å². The van der Waals surface area contributed by atoms with Crippen molar-refractivity contribution >= 4 is 22.6 Å². The fourth-order valence-corrected chi connectivity index (χ4v) is 3.17. The van der Waals surface area contributed by atoms with E-state index in [9.17, 15) is 9.18 Å². The Bertz CT molecular complexity index is 942. The van der Waals surface area contributed by atoms with Gasteiger partial charge in [-0.05, 0) is 43.5 Å². The van der Waals surface area contributed by atoms with Crippen molar-refractivity contribution in [2.24, 2.45) is 7.05 Å². The second kappa shape index (κ2) is 5.12. The first-order chi connectivity index (χ1) is 11.5. The van der Waals surface area contributed by atoms with Crippen molar-refractivity contribution in [1.29, 1.82) is 0 Å². The molecule has 3 aromatic rings. The second-order valence-electron chi connectivity index (χ2n) is 6.35. The standard InChI is InChI=1S/C18H17FN4O/c1-11-15-9-14(10-20-16(15)23(2)22-11)21-17(24)18(7-8-18)12-3-5-13(19)6-4-12/h3-6,9-10H,7-8H2,1-2H3,(H,21,24). The summed E-state index contributed by atoms with van der Waals surface area (Å²) in [7, 11) is 1.84. The van der Waals surface area contributed by atoms with Gasteiger partial charge in [0.2, 0.25) is 5.91 Å². The summed E-state index contributed by atoms with van der Waals surface area (Å²) in [5.41, 5.74) is 2.61. The zero-order valence-electron chi connectivity index (χ0n) is 13.5. The van der Waals surface area contributed by atoms with Crippen LogP contribution in [0.15, 0.2) is 36.5 Å². The van der Waals surface area contributed by atoms with E-state index in [2.05, 4.69) is 15.4 Å². The lowest BCUT2D eigenvalue weighted by Crippen LogP contribution is -2.27. The number of amides is 1. The van der Waals surface area contributed by atoms with E-state index in [-0.39, 0.29) is 11.7 Å². The highest BCUT2D eigenvalue weighted by molar-refractivity contribution is 6.02. The topological polar surface area (TPSA) is 59.8 Å². The van der Waals surface area contributed by atoms with Gasteiger partial charge in [0.25, 0.3) is 0 Å². The minimum Gasteiger partial charge on any atom is -0.324 e. The van der Waals surface area contributed by atoms with Crippen molar-refractivity contribution in [2.75, 3.05) is 5.32 Å². The first-order valence-corrected chi connectivity index (χ1v) is 7.86. The summed E-state index contributed by atoms with van der Waals surface area (Å²) in [6, 6.07) is 8.07. The quantitative estimate of drug-likeness (QED) is 0.805. The van der Waals surface area contributed by atoms with Gasteiger partial charge in [0.05, 0.1) is 23.0 Å². The average Bonchev–Trinajstić information content (AvgIpc) is 3.32. The van der Waals surface area contributed by atoms with Gasteiger partial charge in [-0.25, -0.2) is 9.37 Å². The number of hydrogen-bond acceptors (Lipinski definition) is 3. The number of anilines is 1. The number of benzene rings is 1. The molecular formula is C18H17FN4O. The number of nitrogens with zero attached hydrogens (tertiary/aromatic N) is 3. The normalized spacial score (nSPS) is 15.5. The molecule has 0 aliphatic heterocycles. The highest BCUT2D eigenvalue weighted by atomic mass is 19.1. The summed E-state index contributed by atoms with van der Waals surface area (Å²) in [6.07, 6.45) is 3.18. The van der Waals surface area contributed by atoms with Crippen LogP contribution in [0.5, 0.6) is 0 Å². The summed E-state index contributed by atoms with van der Waals surface area (Å²) >= 11 is 0. The Hall–Kier alpha value is -2.76. The lowest BCUT2D eigenvalue weighted by molar-refractivity contribution is -0.118.